The Morgan fingerprint density at radius 1 is 1.37 bits per heavy atom. The summed E-state index contributed by atoms with van der Waals surface area (Å²) in [5, 5.41) is 5.12. The van der Waals surface area contributed by atoms with Gasteiger partial charge in [0, 0.05) is 0 Å². The third kappa shape index (κ3) is 2.40. The maximum Gasteiger partial charge on any atom is 0.269 e. The Balaban J connectivity index is 0.00000133. The van der Waals surface area contributed by atoms with Crippen LogP contribution >= 0.6 is 23.7 Å². The summed E-state index contributed by atoms with van der Waals surface area (Å²) in [4.78, 5) is 9.89. The molecule has 2 N–H and O–H groups in total. The van der Waals surface area contributed by atoms with E-state index in [9.17, 15) is 0 Å². The highest BCUT2D eigenvalue weighted by Gasteiger charge is 2.39. The highest BCUT2D eigenvalue weighted by molar-refractivity contribution is 7.15. The number of nitrogens with two attached hydrogens (primary N) is 1. The van der Waals surface area contributed by atoms with Crippen molar-refractivity contribution in [3.8, 4) is 10.8 Å². The van der Waals surface area contributed by atoms with Crippen LogP contribution in [0.25, 0.3) is 10.8 Å². The van der Waals surface area contributed by atoms with E-state index in [0.29, 0.717) is 11.7 Å². The number of aromatic nitrogens is 3. The monoisotopic (exact) mass is 300 g/mol. The lowest BCUT2D eigenvalue weighted by molar-refractivity contribution is 0.229. The Kier molecular flexibility index (Phi) is 3.94. The second-order valence-electron chi connectivity index (χ2n) is 4.81. The normalized spacial score (nSPS) is 16.8. The van der Waals surface area contributed by atoms with Crippen LogP contribution in [-0.2, 0) is 12.0 Å². The van der Waals surface area contributed by atoms with Gasteiger partial charge in [-0.15, -0.1) is 23.7 Å². The second kappa shape index (κ2) is 5.19. The molecule has 1 saturated carbocycles. The van der Waals surface area contributed by atoms with E-state index in [1.54, 1.807) is 11.3 Å². The molecule has 1 aliphatic carbocycles. The summed E-state index contributed by atoms with van der Waals surface area (Å²) >= 11 is 1.61. The van der Waals surface area contributed by atoms with Gasteiger partial charge in [-0.1, -0.05) is 12.1 Å². The van der Waals surface area contributed by atoms with E-state index < -0.39 is 0 Å². The topological polar surface area (TPSA) is 77.8 Å². The lowest BCUT2D eigenvalue weighted by Gasteiger charge is -2.34. The van der Waals surface area contributed by atoms with Crippen molar-refractivity contribution >= 4 is 23.7 Å². The summed E-state index contributed by atoms with van der Waals surface area (Å²) in [6, 6.07) is 0. The Morgan fingerprint density at radius 2 is 2.11 bits per heavy atom. The van der Waals surface area contributed by atoms with E-state index in [1.807, 2.05) is 6.92 Å². The van der Waals surface area contributed by atoms with E-state index >= 15 is 0 Å². The van der Waals surface area contributed by atoms with Crippen LogP contribution in [-0.4, -0.2) is 15.1 Å². The van der Waals surface area contributed by atoms with Crippen LogP contribution in [0, 0.1) is 6.92 Å². The van der Waals surface area contributed by atoms with E-state index in [1.165, 1.54) is 0 Å². The molecule has 0 saturated heterocycles. The molecular formula is C12H17ClN4OS. The zero-order chi connectivity index (χ0) is 12.8. The summed E-state index contributed by atoms with van der Waals surface area (Å²) in [7, 11) is 0. The first-order valence-corrected chi connectivity index (χ1v) is 7.04. The average molecular weight is 301 g/mol. The van der Waals surface area contributed by atoms with Crippen LogP contribution in [0.1, 0.15) is 42.7 Å². The fourth-order valence-electron chi connectivity index (χ4n) is 2.10. The smallest absolute Gasteiger partial charge is 0.269 e. The van der Waals surface area contributed by atoms with E-state index in [2.05, 4.69) is 22.0 Å². The molecule has 1 aliphatic rings. The molecule has 0 bridgehead atoms. The zero-order valence-corrected chi connectivity index (χ0v) is 12.6. The summed E-state index contributed by atoms with van der Waals surface area (Å²) < 4.78 is 5.34. The molecule has 5 nitrogen and oxygen atoms in total. The van der Waals surface area contributed by atoms with Crippen LogP contribution in [0.4, 0.5) is 0 Å². The molecule has 7 heteroatoms. The fraction of sp³-hybridized carbons (Fsp3) is 0.583. The van der Waals surface area contributed by atoms with Crippen LogP contribution in [0.5, 0.6) is 0 Å². The van der Waals surface area contributed by atoms with Gasteiger partial charge < -0.3 is 10.3 Å². The van der Waals surface area contributed by atoms with Gasteiger partial charge in [0.05, 0.1) is 16.2 Å². The highest BCUT2D eigenvalue weighted by atomic mass is 35.5. The Labute approximate surface area is 122 Å². The molecule has 0 amide bonds. The number of rotatable bonds is 3. The van der Waals surface area contributed by atoms with Gasteiger partial charge in [0.1, 0.15) is 4.88 Å². The Hall–Kier alpha value is -0.980. The SMILES string of the molecule is CCc1nc(C)c(-c2nc(C3(N)CCC3)no2)s1.Cl. The molecule has 104 valence electrons. The van der Waals surface area contributed by atoms with Crippen molar-refractivity contribution in [1.29, 1.82) is 0 Å². The van der Waals surface area contributed by atoms with Crippen molar-refractivity contribution in [3.05, 3.63) is 16.5 Å². The maximum absolute atomic E-state index is 6.19. The molecular weight excluding hydrogens is 284 g/mol. The molecule has 0 aliphatic heterocycles. The summed E-state index contributed by atoms with van der Waals surface area (Å²) in [5.74, 6) is 1.19. The molecule has 0 aromatic carbocycles. The van der Waals surface area contributed by atoms with Crippen LogP contribution in [0.3, 0.4) is 0 Å². The van der Waals surface area contributed by atoms with Crippen molar-refractivity contribution in [2.75, 3.05) is 0 Å². The number of thiazole rings is 1. The molecule has 19 heavy (non-hydrogen) atoms. The van der Waals surface area contributed by atoms with Crippen molar-refractivity contribution in [2.24, 2.45) is 5.73 Å². The van der Waals surface area contributed by atoms with E-state index in [-0.39, 0.29) is 17.9 Å². The van der Waals surface area contributed by atoms with E-state index in [0.717, 1.165) is 41.3 Å². The van der Waals surface area contributed by atoms with Crippen molar-refractivity contribution in [1.82, 2.24) is 15.1 Å². The zero-order valence-electron chi connectivity index (χ0n) is 11.0. The molecule has 0 unspecified atom stereocenters. The van der Waals surface area contributed by atoms with Gasteiger partial charge in [0.2, 0.25) is 0 Å². The van der Waals surface area contributed by atoms with Gasteiger partial charge in [-0.25, -0.2) is 4.98 Å². The predicted molar refractivity (Wildman–Crippen MR) is 76.5 cm³/mol. The minimum Gasteiger partial charge on any atom is -0.333 e. The predicted octanol–water partition coefficient (Wildman–Crippen LogP) is 2.82. The quantitative estimate of drug-likeness (QED) is 0.943. The summed E-state index contributed by atoms with van der Waals surface area (Å²) in [6.45, 7) is 4.06. The van der Waals surface area contributed by atoms with Crippen molar-refractivity contribution in [3.63, 3.8) is 0 Å². The molecule has 3 rings (SSSR count). The Morgan fingerprint density at radius 3 is 2.63 bits per heavy atom. The standard InChI is InChI=1S/C12H16N4OS.ClH/c1-3-8-14-7(2)9(18-8)10-15-11(16-17-10)12(13)5-4-6-12;/h3-6,13H2,1-2H3;1H. The van der Waals surface area contributed by atoms with Gasteiger partial charge >= 0.3 is 0 Å². The first-order chi connectivity index (χ1) is 8.62. The molecule has 0 spiro atoms. The van der Waals surface area contributed by atoms with Crippen molar-refractivity contribution < 1.29 is 4.52 Å². The summed E-state index contributed by atoms with van der Waals surface area (Å²) in [6.07, 6.45) is 3.94. The van der Waals surface area contributed by atoms with Crippen LogP contribution in [0.15, 0.2) is 4.52 Å². The fourth-order valence-corrected chi connectivity index (χ4v) is 3.03. The first kappa shape index (κ1) is 14.4. The number of aryl methyl sites for hydroxylation is 2. The number of hydrogen-bond donors (Lipinski definition) is 1. The number of halogens is 1. The van der Waals surface area contributed by atoms with Crippen molar-refractivity contribution in [2.45, 2.75) is 45.1 Å². The van der Waals surface area contributed by atoms with Gasteiger partial charge in [-0.3, -0.25) is 0 Å². The average Bonchev–Trinajstić information content (AvgIpc) is 2.92. The maximum atomic E-state index is 6.19. The highest BCUT2D eigenvalue weighted by Crippen LogP contribution is 2.38. The first-order valence-electron chi connectivity index (χ1n) is 6.22. The van der Waals surface area contributed by atoms with Gasteiger partial charge in [-0.2, -0.15) is 4.98 Å². The largest absolute Gasteiger partial charge is 0.333 e. The lowest BCUT2D eigenvalue weighted by Crippen LogP contribution is -2.44. The van der Waals surface area contributed by atoms with E-state index in [4.69, 9.17) is 10.3 Å². The van der Waals surface area contributed by atoms with Gasteiger partial charge in [0.15, 0.2) is 5.82 Å². The molecule has 0 radical (unpaired) electrons. The Bertz CT molecular complexity index is 576. The van der Waals surface area contributed by atoms with Gasteiger partial charge in [0.25, 0.3) is 5.89 Å². The van der Waals surface area contributed by atoms with Gasteiger partial charge in [-0.05, 0) is 32.6 Å². The lowest BCUT2D eigenvalue weighted by atomic mass is 9.77. The van der Waals surface area contributed by atoms with Crippen LogP contribution < -0.4 is 5.73 Å². The third-order valence-corrected chi connectivity index (χ3v) is 4.74. The molecule has 0 atom stereocenters. The molecule has 2 aromatic rings. The summed E-state index contributed by atoms with van der Waals surface area (Å²) in [5.41, 5.74) is 6.77. The van der Waals surface area contributed by atoms with Crippen LogP contribution in [0.2, 0.25) is 0 Å². The molecule has 2 heterocycles. The third-order valence-electron chi connectivity index (χ3n) is 3.45. The number of hydrogen-bond acceptors (Lipinski definition) is 6. The number of nitrogens with zero attached hydrogens (tertiary/aromatic N) is 3. The molecule has 2 aromatic heterocycles. The minimum absolute atomic E-state index is 0. The minimum atomic E-state index is -0.367. The molecule has 1 fully saturated rings. The second-order valence-corrected chi connectivity index (χ2v) is 5.89.